The zero-order valence-electron chi connectivity index (χ0n) is 14.8. The van der Waals surface area contributed by atoms with Gasteiger partial charge in [0.25, 0.3) is 0 Å². The topological polar surface area (TPSA) is 32.3 Å². The van der Waals surface area contributed by atoms with Crippen molar-refractivity contribution in [3.8, 4) is 0 Å². The molecule has 1 unspecified atom stereocenters. The quantitative estimate of drug-likeness (QED) is 0.911. The third-order valence-corrected chi connectivity index (χ3v) is 6.77. The predicted molar refractivity (Wildman–Crippen MR) is 104 cm³/mol. The normalized spacial score (nSPS) is 20.9. The summed E-state index contributed by atoms with van der Waals surface area (Å²) in [4.78, 5) is 4.07. The molecular formula is C21H24N2OS. The minimum absolute atomic E-state index is 0.540. The molecule has 0 amide bonds. The maximum atomic E-state index is 13.0. The van der Waals surface area contributed by atoms with Crippen LogP contribution in [-0.4, -0.2) is 30.9 Å². The summed E-state index contributed by atoms with van der Waals surface area (Å²) in [6.45, 7) is 1.01. The smallest absolute Gasteiger partial charge is 0.0849 e. The lowest BCUT2D eigenvalue weighted by Crippen LogP contribution is -2.34. The molecule has 2 aromatic rings. The third-order valence-electron chi connectivity index (χ3n) is 5.38. The van der Waals surface area contributed by atoms with E-state index in [4.69, 9.17) is 0 Å². The van der Waals surface area contributed by atoms with Crippen molar-refractivity contribution in [3.63, 3.8) is 0 Å². The lowest BCUT2D eigenvalue weighted by atomic mass is 9.81. The number of nitrogens with zero attached hydrogens (tertiary/aromatic N) is 1. The minimum atomic E-state index is -1.14. The van der Waals surface area contributed by atoms with Gasteiger partial charge in [-0.25, -0.2) is 4.21 Å². The monoisotopic (exact) mass is 352 g/mol. The van der Waals surface area contributed by atoms with Crippen molar-refractivity contribution in [1.82, 2.24) is 5.32 Å². The van der Waals surface area contributed by atoms with E-state index in [1.807, 2.05) is 43.4 Å². The summed E-state index contributed by atoms with van der Waals surface area (Å²) in [5, 5.41) is 3.43. The van der Waals surface area contributed by atoms with Gasteiger partial charge >= 0.3 is 0 Å². The Morgan fingerprint density at radius 1 is 1.12 bits per heavy atom. The summed E-state index contributed by atoms with van der Waals surface area (Å²) in [6, 6.07) is 16.6. The highest BCUT2D eigenvalue weighted by Gasteiger charge is 2.28. The number of benzene rings is 2. The standard InChI is InChI=1S/C21H24N2OS/c1-22-16-9-8-15-14-23(2)21-11-10-18(13-20(21)19(15)12-16)25(24)17-6-4-3-5-7-17/h3-7,10-11,13,16,22H,8-9,12,14H2,1-2H3/t16-,25?/m1/s1. The van der Waals surface area contributed by atoms with Crippen LogP contribution in [-0.2, 0) is 10.8 Å². The van der Waals surface area contributed by atoms with E-state index in [2.05, 4.69) is 29.4 Å². The molecule has 0 saturated heterocycles. The van der Waals surface area contributed by atoms with E-state index >= 15 is 0 Å². The van der Waals surface area contributed by atoms with Crippen LogP contribution in [0.25, 0.3) is 5.57 Å². The number of likely N-dealkylation sites (N-methyl/N-ethyl adjacent to an activating group) is 1. The first kappa shape index (κ1) is 16.6. The lowest BCUT2D eigenvalue weighted by molar-refractivity contribution is 0.510. The van der Waals surface area contributed by atoms with Gasteiger partial charge in [0.05, 0.1) is 10.8 Å². The Morgan fingerprint density at radius 2 is 1.92 bits per heavy atom. The number of hydrogen-bond acceptors (Lipinski definition) is 3. The molecule has 0 spiro atoms. The molecule has 2 aliphatic rings. The van der Waals surface area contributed by atoms with Crippen LogP contribution < -0.4 is 10.2 Å². The van der Waals surface area contributed by atoms with Gasteiger partial charge in [0, 0.05) is 40.7 Å². The minimum Gasteiger partial charge on any atom is -0.370 e. The van der Waals surface area contributed by atoms with Gasteiger partial charge < -0.3 is 10.2 Å². The number of nitrogens with one attached hydrogen (secondary N) is 1. The second kappa shape index (κ2) is 6.77. The van der Waals surface area contributed by atoms with Gasteiger partial charge in [0.15, 0.2) is 0 Å². The molecular weight excluding hydrogens is 328 g/mol. The molecule has 1 aliphatic heterocycles. The predicted octanol–water partition coefficient (Wildman–Crippen LogP) is 3.83. The zero-order chi connectivity index (χ0) is 17.4. The van der Waals surface area contributed by atoms with Gasteiger partial charge in [-0.2, -0.15) is 0 Å². The molecule has 0 fully saturated rings. The zero-order valence-corrected chi connectivity index (χ0v) is 15.6. The Hall–Kier alpha value is -1.91. The van der Waals surface area contributed by atoms with E-state index in [-0.39, 0.29) is 0 Å². The fourth-order valence-corrected chi connectivity index (χ4v) is 5.06. The summed E-state index contributed by atoms with van der Waals surface area (Å²) in [6.07, 6.45) is 3.42. The maximum absolute atomic E-state index is 13.0. The summed E-state index contributed by atoms with van der Waals surface area (Å²) >= 11 is 0. The van der Waals surface area contributed by atoms with Gasteiger partial charge in [0.1, 0.15) is 0 Å². The number of fused-ring (bicyclic) bond motifs is 2. The average molecular weight is 353 g/mol. The highest BCUT2D eigenvalue weighted by atomic mass is 32.2. The molecule has 1 aliphatic carbocycles. The van der Waals surface area contributed by atoms with Crippen molar-refractivity contribution in [2.24, 2.45) is 0 Å². The van der Waals surface area contributed by atoms with E-state index in [9.17, 15) is 4.21 Å². The van der Waals surface area contributed by atoms with Crippen molar-refractivity contribution in [3.05, 3.63) is 59.7 Å². The van der Waals surface area contributed by atoms with Crippen LogP contribution >= 0.6 is 0 Å². The second-order valence-corrected chi connectivity index (χ2v) is 8.41. The molecule has 4 rings (SSSR count). The molecule has 3 nitrogen and oxygen atoms in total. The molecule has 2 atom stereocenters. The van der Waals surface area contributed by atoms with Gasteiger partial charge in [0.2, 0.25) is 0 Å². The molecule has 0 bridgehead atoms. The first-order chi connectivity index (χ1) is 12.2. The molecule has 25 heavy (non-hydrogen) atoms. The van der Waals surface area contributed by atoms with Crippen molar-refractivity contribution >= 4 is 22.1 Å². The summed E-state index contributed by atoms with van der Waals surface area (Å²) in [7, 11) is 3.07. The van der Waals surface area contributed by atoms with Crippen molar-refractivity contribution in [1.29, 1.82) is 0 Å². The Labute approximate surface area is 152 Å². The average Bonchev–Trinajstić information content (AvgIpc) is 2.67. The van der Waals surface area contributed by atoms with Gasteiger partial charge in [-0.05, 0) is 67.8 Å². The first-order valence-electron chi connectivity index (χ1n) is 8.88. The van der Waals surface area contributed by atoms with Crippen LogP contribution in [0.4, 0.5) is 5.69 Å². The van der Waals surface area contributed by atoms with E-state index in [0.717, 1.165) is 29.2 Å². The Kier molecular flexibility index (Phi) is 4.48. The number of hydrogen-bond donors (Lipinski definition) is 1. The molecule has 0 aromatic heterocycles. The fourth-order valence-electron chi connectivity index (χ4n) is 3.97. The van der Waals surface area contributed by atoms with Crippen LogP contribution in [0, 0.1) is 0 Å². The fraction of sp³-hybridized carbons (Fsp3) is 0.333. The van der Waals surface area contributed by atoms with E-state index in [1.165, 1.54) is 23.2 Å². The van der Waals surface area contributed by atoms with Crippen LogP contribution in [0.5, 0.6) is 0 Å². The first-order valence-corrected chi connectivity index (χ1v) is 10.0. The molecule has 0 saturated carbocycles. The van der Waals surface area contributed by atoms with Gasteiger partial charge in [-0.15, -0.1) is 0 Å². The number of rotatable bonds is 3. The van der Waals surface area contributed by atoms with Crippen LogP contribution in [0.1, 0.15) is 24.8 Å². The van der Waals surface area contributed by atoms with E-state index in [1.54, 1.807) is 5.57 Å². The summed E-state index contributed by atoms with van der Waals surface area (Å²) < 4.78 is 13.0. The van der Waals surface area contributed by atoms with E-state index < -0.39 is 10.8 Å². The summed E-state index contributed by atoms with van der Waals surface area (Å²) in [5.74, 6) is 0. The van der Waals surface area contributed by atoms with Crippen molar-refractivity contribution in [2.45, 2.75) is 35.1 Å². The number of anilines is 1. The third kappa shape index (κ3) is 3.05. The molecule has 2 aromatic carbocycles. The van der Waals surface area contributed by atoms with Crippen LogP contribution in [0.3, 0.4) is 0 Å². The van der Waals surface area contributed by atoms with Crippen LogP contribution in [0.15, 0.2) is 63.9 Å². The highest BCUT2D eigenvalue weighted by molar-refractivity contribution is 7.85. The summed E-state index contributed by atoms with van der Waals surface area (Å²) in [5.41, 5.74) is 5.53. The molecule has 1 N–H and O–H groups in total. The van der Waals surface area contributed by atoms with Crippen molar-refractivity contribution in [2.75, 3.05) is 25.5 Å². The van der Waals surface area contributed by atoms with E-state index in [0.29, 0.717) is 6.04 Å². The Morgan fingerprint density at radius 3 is 2.68 bits per heavy atom. The van der Waals surface area contributed by atoms with Gasteiger partial charge in [-0.1, -0.05) is 18.2 Å². The second-order valence-electron chi connectivity index (χ2n) is 6.93. The molecule has 4 heteroatoms. The molecule has 130 valence electrons. The van der Waals surface area contributed by atoms with Gasteiger partial charge in [-0.3, -0.25) is 0 Å². The molecule has 1 heterocycles. The highest BCUT2D eigenvalue weighted by Crippen LogP contribution is 2.42. The van der Waals surface area contributed by atoms with Crippen LogP contribution in [0.2, 0.25) is 0 Å². The SMILES string of the molecule is CN[C@@H]1CCC2=C(C1)c1cc(S(=O)c3ccccc3)ccc1N(C)C2. The van der Waals surface area contributed by atoms with Crippen molar-refractivity contribution < 1.29 is 4.21 Å². The largest absolute Gasteiger partial charge is 0.370 e. The molecule has 0 radical (unpaired) electrons. The Balaban J connectivity index is 1.76. The maximum Gasteiger partial charge on any atom is 0.0849 e. The Bertz CT molecular complexity index is 844. The lowest BCUT2D eigenvalue weighted by Gasteiger charge is -2.36.